The number of amides is 1. The van der Waals surface area contributed by atoms with E-state index < -0.39 is 23.2 Å². The standard InChI is InChI=1S/C16H15N3O4S/c1-8(13(17)20)19-15(21)12-11(7-24-14(12)18-16(19)22)9-4-3-5-10(6-9)23-2/h3-8H,1-2H3,(H2,17,20)(H,18,22). The summed E-state index contributed by atoms with van der Waals surface area (Å²) in [6.07, 6.45) is 0. The number of nitrogens with two attached hydrogens (primary N) is 1. The van der Waals surface area contributed by atoms with E-state index in [1.165, 1.54) is 18.3 Å². The van der Waals surface area contributed by atoms with Crippen LogP contribution in [0.3, 0.4) is 0 Å². The number of hydrogen-bond donors (Lipinski definition) is 2. The minimum Gasteiger partial charge on any atom is -0.497 e. The van der Waals surface area contributed by atoms with Gasteiger partial charge in [0.05, 0.1) is 12.5 Å². The van der Waals surface area contributed by atoms with Crippen molar-refractivity contribution in [3.63, 3.8) is 0 Å². The molecule has 2 heterocycles. The van der Waals surface area contributed by atoms with Gasteiger partial charge in [-0.15, -0.1) is 11.3 Å². The second-order valence-electron chi connectivity index (χ2n) is 5.27. The summed E-state index contributed by atoms with van der Waals surface area (Å²) in [7, 11) is 1.56. The van der Waals surface area contributed by atoms with Gasteiger partial charge in [-0.05, 0) is 24.6 Å². The molecule has 2 aromatic heterocycles. The number of primary amides is 1. The number of fused-ring (bicyclic) bond motifs is 1. The van der Waals surface area contributed by atoms with Gasteiger partial charge >= 0.3 is 5.69 Å². The Morgan fingerprint density at radius 2 is 2.12 bits per heavy atom. The van der Waals surface area contributed by atoms with Crippen molar-refractivity contribution in [2.75, 3.05) is 7.11 Å². The van der Waals surface area contributed by atoms with Gasteiger partial charge in [0.25, 0.3) is 5.56 Å². The fourth-order valence-electron chi connectivity index (χ4n) is 2.51. The summed E-state index contributed by atoms with van der Waals surface area (Å²) in [5.74, 6) is -0.0952. The third-order valence-electron chi connectivity index (χ3n) is 3.84. The number of hydrogen-bond acceptors (Lipinski definition) is 5. The second-order valence-corrected chi connectivity index (χ2v) is 6.15. The monoisotopic (exact) mass is 345 g/mol. The average molecular weight is 345 g/mol. The number of rotatable bonds is 4. The number of aromatic nitrogens is 2. The van der Waals surface area contributed by atoms with Gasteiger partial charge in [0.15, 0.2) is 0 Å². The van der Waals surface area contributed by atoms with Gasteiger partial charge in [-0.2, -0.15) is 0 Å². The number of nitrogens with zero attached hydrogens (tertiary/aromatic N) is 1. The van der Waals surface area contributed by atoms with Crippen LogP contribution in [0.25, 0.3) is 21.3 Å². The molecule has 7 nitrogen and oxygen atoms in total. The van der Waals surface area contributed by atoms with Crippen LogP contribution in [0.4, 0.5) is 0 Å². The zero-order valence-electron chi connectivity index (χ0n) is 13.0. The van der Waals surface area contributed by atoms with Gasteiger partial charge in [-0.3, -0.25) is 14.6 Å². The lowest BCUT2D eigenvalue weighted by atomic mass is 10.1. The largest absolute Gasteiger partial charge is 0.497 e. The highest BCUT2D eigenvalue weighted by atomic mass is 32.1. The molecule has 3 N–H and O–H groups in total. The zero-order valence-corrected chi connectivity index (χ0v) is 13.8. The van der Waals surface area contributed by atoms with E-state index >= 15 is 0 Å². The number of benzene rings is 1. The highest BCUT2D eigenvalue weighted by Gasteiger charge is 2.21. The number of carbonyl (C=O) groups excluding carboxylic acids is 1. The van der Waals surface area contributed by atoms with Gasteiger partial charge in [-0.1, -0.05) is 12.1 Å². The first-order chi connectivity index (χ1) is 11.4. The Kier molecular flexibility index (Phi) is 3.98. The molecular formula is C16H15N3O4S. The van der Waals surface area contributed by atoms with Crippen molar-refractivity contribution in [1.29, 1.82) is 0 Å². The maximum atomic E-state index is 12.8. The average Bonchev–Trinajstić information content (AvgIpc) is 2.98. The summed E-state index contributed by atoms with van der Waals surface area (Å²) >= 11 is 1.25. The Bertz CT molecular complexity index is 1050. The van der Waals surface area contributed by atoms with Gasteiger partial charge in [-0.25, -0.2) is 9.36 Å². The Morgan fingerprint density at radius 3 is 2.79 bits per heavy atom. The van der Waals surface area contributed by atoms with Crippen molar-refractivity contribution in [2.24, 2.45) is 5.73 Å². The van der Waals surface area contributed by atoms with Crippen LogP contribution in [0.1, 0.15) is 13.0 Å². The van der Waals surface area contributed by atoms with Gasteiger partial charge < -0.3 is 10.5 Å². The maximum Gasteiger partial charge on any atom is 0.330 e. The van der Waals surface area contributed by atoms with Crippen molar-refractivity contribution < 1.29 is 9.53 Å². The summed E-state index contributed by atoms with van der Waals surface area (Å²) in [5.41, 5.74) is 5.50. The predicted octanol–water partition coefficient (Wildman–Crippen LogP) is 1.47. The predicted molar refractivity (Wildman–Crippen MR) is 92.6 cm³/mol. The molecule has 124 valence electrons. The lowest BCUT2D eigenvalue weighted by molar-refractivity contribution is -0.120. The summed E-state index contributed by atoms with van der Waals surface area (Å²) in [5, 5.41) is 2.14. The summed E-state index contributed by atoms with van der Waals surface area (Å²) in [6, 6.07) is 6.22. The molecule has 3 rings (SSSR count). The van der Waals surface area contributed by atoms with E-state index in [4.69, 9.17) is 10.5 Å². The normalized spacial score (nSPS) is 12.2. The number of H-pyrrole nitrogens is 1. The Morgan fingerprint density at radius 1 is 1.38 bits per heavy atom. The van der Waals surface area contributed by atoms with E-state index in [0.717, 1.165) is 10.1 Å². The van der Waals surface area contributed by atoms with Crippen LogP contribution in [0.5, 0.6) is 5.75 Å². The van der Waals surface area contributed by atoms with Crippen LogP contribution < -0.4 is 21.7 Å². The van der Waals surface area contributed by atoms with Crippen LogP contribution in [0.2, 0.25) is 0 Å². The van der Waals surface area contributed by atoms with Crippen LogP contribution in [0.15, 0.2) is 39.2 Å². The van der Waals surface area contributed by atoms with Crippen molar-refractivity contribution in [2.45, 2.75) is 13.0 Å². The zero-order chi connectivity index (χ0) is 17.4. The second kappa shape index (κ2) is 5.97. The first-order valence-corrected chi connectivity index (χ1v) is 8.01. The number of aromatic amines is 1. The summed E-state index contributed by atoms with van der Waals surface area (Å²) in [6.45, 7) is 1.42. The number of ether oxygens (including phenoxy) is 1. The molecule has 24 heavy (non-hydrogen) atoms. The third-order valence-corrected chi connectivity index (χ3v) is 4.74. The number of nitrogens with one attached hydrogen (secondary N) is 1. The molecule has 0 bridgehead atoms. The first-order valence-electron chi connectivity index (χ1n) is 7.13. The van der Waals surface area contributed by atoms with Gasteiger partial charge in [0.2, 0.25) is 5.91 Å². The molecule has 0 aliphatic rings. The highest BCUT2D eigenvalue weighted by molar-refractivity contribution is 7.17. The molecule has 1 unspecified atom stereocenters. The summed E-state index contributed by atoms with van der Waals surface area (Å²) in [4.78, 5) is 39.5. The molecule has 0 aliphatic carbocycles. The molecular weight excluding hydrogens is 330 g/mol. The number of methoxy groups -OCH3 is 1. The fraction of sp³-hybridized carbons (Fsp3) is 0.188. The molecule has 0 spiro atoms. The van der Waals surface area contributed by atoms with E-state index in [-0.39, 0.29) is 0 Å². The lowest BCUT2D eigenvalue weighted by Gasteiger charge is -2.10. The topological polar surface area (TPSA) is 107 Å². The number of carbonyl (C=O) groups is 1. The highest BCUT2D eigenvalue weighted by Crippen LogP contribution is 2.32. The molecule has 1 amide bonds. The van der Waals surface area contributed by atoms with Crippen LogP contribution in [-0.4, -0.2) is 22.6 Å². The quantitative estimate of drug-likeness (QED) is 0.746. The van der Waals surface area contributed by atoms with E-state index in [1.54, 1.807) is 24.6 Å². The van der Waals surface area contributed by atoms with Crippen molar-refractivity contribution >= 4 is 27.5 Å². The van der Waals surface area contributed by atoms with Gasteiger partial charge in [0, 0.05) is 10.9 Å². The molecule has 0 fully saturated rings. The molecule has 1 atom stereocenters. The Balaban J connectivity index is 2.32. The molecule has 0 aliphatic heterocycles. The fourth-order valence-corrected chi connectivity index (χ4v) is 3.47. The molecule has 0 saturated heterocycles. The first kappa shape index (κ1) is 16.0. The third kappa shape index (κ3) is 2.50. The van der Waals surface area contributed by atoms with Crippen molar-refractivity contribution in [3.8, 4) is 16.9 Å². The van der Waals surface area contributed by atoms with Gasteiger partial charge in [0.1, 0.15) is 16.6 Å². The Hall–Kier alpha value is -2.87. The molecule has 8 heteroatoms. The lowest BCUT2D eigenvalue weighted by Crippen LogP contribution is -2.41. The van der Waals surface area contributed by atoms with E-state index in [9.17, 15) is 14.4 Å². The molecule has 1 aromatic carbocycles. The van der Waals surface area contributed by atoms with E-state index in [2.05, 4.69) is 4.98 Å². The van der Waals surface area contributed by atoms with Crippen molar-refractivity contribution in [3.05, 3.63) is 50.5 Å². The van der Waals surface area contributed by atoms with Crippen LogP contribution in [-0.2, 0) is 4.79 Å². The van der Waals surface area contributed by atoms with Crippen LogP contribution in [0, 0.1) is 0 Å². The van der Waals surface area contributed by atoms with E-state index in [1.807, 2.05) is 12.1 Å². The Labute approximate surface area is 140 Å². The smallest absolute Gasteiger partial charge is 0.330 e. The molecule has 0 saturated carbocycles. The minimum atomic E-state index is -1.04. The molecule has 0 radical (unpaired) electrons. The maximum absolute atomic E-state index is 12.8. The minimum absolute atomic E-state index is 0.348. The summed E-state index contributed by atoms with van der Waals surface area (Å²) < 4.78 is 6.06. The van der Waals surface area contributed by atoms with Crippen LogP contribution >= 0.6 is 11.3 Å². The SMILES string of the molecule is COc1cccc(-c2csc3[nH]c(=O)n(C(C)C(N)=O)c(=O)c23)c1. The van der Waals surface area contributed by atoms with Crippen molar-refractivity contribution in [1.82, 2.24) is 9.55 Å². The number of thiophene rings is 1. The van der Waals surface area contributed by atoms with E-state index in [0.29, 0.717) is 21.5 Å². The molecule has 3 aromatic rings.